The van der Waals surface area contributed by atoms with Crippen molar-refractivity contribution >= 4 is 0 Å². The molecule has 1 heterocycles. The molecular formula is C16H25NO2. The summed E-state index contributed by atoms with van der Waals surface area (Å²) in [6.45, 7) is 6.20. The Morgan fingerprint density at radius 1 is 1.47 bits per heavy atom. The van der Waals surface area contributed by atoms with Crippen molar-refractivity contribution in [1.29, 1.82) is 0 Å². The molecule has 3 heteroatoms. The Kier molecular flexibility index (Phi) is 5.23. The van der Waals surface area contributed by atoms with Gasteiger partial charge in [0.1, 0.15) is 5.75 Å². The molecule has 2 atom stereocenters. The average molecular weight is 263 g/mol. The van der Waals surface area contributed by atoms with E-state index in [9.17, 15) is 0 Å². The van der Waals surface area contributed by atoms with E-state index in [1.807, 2.05) is 6.07 Å². The number of aryl methyl sites for hydroxylation is 1. The lowest BCUT2D eigenvalue weighted by atomic mass is 9.95. The van der Waals surface area contributed by atoms with Crippen molar-refractivity contribution in [2.24, 2.45) is 0 Å². The highest BCUT2D eigenvalue weighted by atomic mass is 16.5. The van der Waals surface area contributed by atoms with E-state index in [1.54, 1.807) is 7.11 Å². The standard InChI is InChI=1S/C16H25NO2/c1-4-17-16(11-14-6-5-9-19-14)15-8-7-13(18-3)10-12(15)2/h7-8,10,14,16-17H,4-6,9,11H2,1-3H3. The molecule has 1 aromatic rings. The van der Waals surface area contributed by atoms with Crippen molar-refractivity contribution in [3.8, 4) is 5.75 Å². The molecule has 2 unspecified atom stereocenters. The smallest absolute Gasteiger partial charge is 0.119 e. The molecule has 0 amide bonds. The largest absolute Gasteiger partial charge is 0.497 e. The van der Waals surface area contributed by atoms with E-state index in [-0.39, 0.29) is 0 Å². The molecule has 0 radical (unpaired) electrons. The molecule has 1 aliphatic heterocycles. The summed E-state index contributed by atoms with van der Waals surface area (Å²) in [5, 5.41) is 3.58. The van der Waals surface area contributed by atoms with Crippen molar-refractivity contribution < 1.29 is 9.47 Å². The fourth-order valence-corrected chi connectivity index (χ4v) is 2.83. The second kappa shape index (κ2) is 6.92. The highest BCUT2D eigenvalue weighted by Crippen LogP contribution is 2.29. The molecule has 1 aliphatic rings. The lowest BCUT2D eigenvalue weighted by Gasteiger charge is -2.23. The third-order valence-corrected chi connectivity index (χ3v) is 3.83. The van der Waals surface area contributed by atoms with Gasteiger partial charge in [-0.3, -0.25) is 0 Å². The van der Waals surface area contributed by atoms with E-state index >= 15 is 0 Å². The third-order valence-electron chi connectivity index (χ3n) is 3.83. The molecule has 1 N–H and O–H groups in total. The summed E-state index contributed by atoms with van der Waals surface area (Å²) in [6, 6.07) is 6.70. The number of hydrogen-bond donors (Lipinski definition) is 1. The zero-order valence-corrected chi connectivity index (χ0v) is 12.2. The number of methoxy groups -OCH3 is 1. The van der Waals surface area contributed by atoms with Crippen LogP contribution >= 0.6 is 0 Å². The van der Waals surface area contributed by atoms with Gasteiger partial charge in [0.15, 0.2) is 0 Å². The average Bonchev–Trinajstić information content (AvgIpc) is 2.91. The Hall–Kier alpha value is -1.06. The van der Waals surface area contributed by atoms with Crippen LogP contribution in [0.15, 0.2) is 18.2 Å². The van der Waals surface area contributed by atoms with Crippen LogP contribution in [0.3, 0.4) is 0 Å². The summed E-state index contributed by atoms with van der Waals surface area (Å²) < 4.78 is 11.0. The predicted octanol–water partition coefficient (Wildman–Crippen LogP) is 3.22. The monoisotopic (exact) mass is 263 g/mol. The van der Waals surface area contributed by atoms with Crippen molar-refractivity contribution in [3.05, 3.63) is 29.3 Å². The van der Waals surface area contributed by atoms with Crippen molar-refractivity contribution in [2.75, 3.05) is 20.3 Å². The normalized spacial score (nSPS) is 20.5. The molecule has 3 nitrogen and oxygen atoms in total. The van der Waals surface area contributed by atoms with Crippen LogP contribution in [0.5, 0.6) is 5.75 Å². The topological polar surface area (TPSA) is 30.5 Å². The van der Waals surface area contributed by atoms with Crippen LogP contribution in [0.2, 0.25) is 0 Å². The summed E-state index contributed by atoms with van der Waals surface area (Å²) in [5.41, 5.74) is 2.64. The zero-order chi connectivity index (χ0) is 13.7. The van der Waals surface area contributed by atoms with Crippen LogP contribution < -0.4 is 10.1 Å². The second-order valence-corrected chi connectivity index (χ2v) is 5.20. The van der Waals surface area contributed by atoms with Crippen molar-refractivity contribution in [3.63, 3.8) is 0 Å². The number of benzene rings is 1. The highest BCUT2D eigenvalue weighted by Gasteiger charge is 2.22. The summed E-state index contributed by atoms with van der Waals surface area (Å²) in [4.78, 5) is 0. The summed E-state index contributed by atoms with van der Waals surface area (Å²) in [5.74, 6) is 0.925. The van der Waals surface area contributed by atoms with Gasteiger partial charge in [-0.1, -0.05) is 13.0 Å². The summed E-state index contributed by atoms with van der Waals surface area (Å²) in [6.07, 6.45) is 3.86. The van der Waals surface area contributed by atoms with Crippen LogP contribution in [-0.4, -0.2) is 26.4 Å². The van der Waals surface area contributed by atoms with Gasteiger partial charge in [0, 0.05) is 12.6 Å². The molecule has 1 saturated heterocycles. The molecule has 0 saturated carbocycles. The van der Waals surface area contributed by atoms with Gasteiger partial charge in [-0.05, 0) is 56.0 Å². The van der Waals surface area contributed by atoms with E-state index < -0.39 is 0 Å². The number of ether oxygens (including phenoxy) is 2. The minimum absolute atomic E-state index is 0.374. The molecule has 0 aromatic heterocycles. The first-order chi connectivity index (χ1) is 9.24. The van der Waals surface area contributed by atoms with Gasteiger partial charge >= 0.3 is 0 Å². The minimum atomic E-state index is 0.374. The first-order valence-electron chi connectivity index (χ1n) is 7.24. The Morgan fingerprint density at radius 2 is 2.32 bits per heavy atom. The Bertz CT molecular complexity index is 400. The Labute approximate surface area is 116 Å². The van der Waals surface area contributed by atoms with E-state index in [2.05, 4.69) is 31.3 Å². The fourth-order valence-electron chi connectivity index (χ4n) is 2.83. The first-order valence-corrected chi connectivity index (χ1v) is 7.24. The van der Waals surface area contributed by atoms with Crippen LogP contribution in [0.4, 0.5) is 0 Å². The summed E-state index contributed by atoms with van der Waals surface area (Å²) >= 11 is 0. The molecule has 0 spiro atoms. The van der Waals surface area contributed by atoms with Crippen LogP contribution in [0, 0.1) is 6.92 Å². The maximum atomic E-state index is 5.77. The quantitative estimate of drug-likeness (QED) is 0.855. The summed E-state index contributed by atoms with van der Waals surface area (Å²) in [7, 11) is 1.71. The predicted molar refractivity (Wildman–Crippen MR) is 77.7 cm³/mol. The van der Waals surface area contributed by atoms with Crippen LogP contribution in [-0.2, 0) is 4.74 Å². The zero-order valence-electron chi connectivity index (χ0n) is 12.2. The van der Waals surface area contributed by atoms with Gasteiger partial charge in [-0.25, -0.2) is 0 Å². The lowest BCUT2D eigenvalue weighted by Crippen LogP contribution is -2.25. The van der Waals surface area contributed by atoms with Gasteiger partial charge in [-0.15, -0.1) is 0 Å². The van der Waals surface area contributed by atoms with Gasteiger partial charge in [-0.2, -0.15) is 0 Å². The molecule has 0 aliphatic carbocycles. The van der Waals surface area contributed by atoms with Gasteiger partial charge in [0.2, 0.25) is 0 Å². The van der Waals surface area contributed by atoms with Crippen molar-refractivity contribution in [1.82, 2.24) is 5.32 Å². The Morgan fingerprint density at radius 3 is 2.89 bits per heavy atom. The molecule has 19 heavy (non-hydrogen) atoms. The van der Waals surface area contributed by atoms with E-state index in [4.69, 9.17) is 9.47 Å². The van der Waals surface area contributed by atoms with E-state index in [1.165, 1.54) is 24.0 Å². The lowest BCUT2D eigenvalue weighted by molar-refractivity contribution is 0.0947. The Balaban J connectivity index is 2.12. The number of hydrogen-bond acceptors (Lipinski definition) is 3. The molecular weight excluding hydrogens is 238 g/mol. The maximum Gasteiger partial charge on any atom is 0.119 e. The molecule has 2 rings (SSSR count). The fraction of sp³-hybridized carbons (Fsp3) is 0.625. The molecule has 106 valence electrons. The maximum absolute atomic E-state index is 5.77. The van der Waals surface area contributed by atoms with Gasteiger partial charge < -0.3 is 14.8 Å². The van der Waals surface area contributed by atoms with Crippen molar-refractivity contribution in [2.45, 2.75) is 45.3 Å². The SMILES string of the molecule is CCNC(CC1CCCO1)c1ccc(OC)cc1C. The molecule has 0 bridgehead atoms. The van der Waals surface area contributed by atoms with Crippen LogP contribution in [0.25, 0.3) is 0 Å². The third kappa shape index (κ3) is 3.71. The van der Waals surface area contributed by atoms with Gasteiger partial charge in [0.05, 0.1) is 13.2 Å². The second-order valence-electron chi connectivity index (χ2n) is 5.20. The van der Waals surface area contributed by atoms with Crippen LogP contribution in [0.1, 0.15) is 43.4 Å². The highest BCUT2D eigenvalue weighted by molar-refractivity contribution is 5.36. The van der Waals surface area contributed by atoms with Gasteiger partial charge in [0.25, 0.3) is 0 Å². The number of nitrogens with one attached hydrogen (secondary N) is 1. The molecule has 1 aromatic carbocycles. The minimum Gasteiger partial charge on any atom is -0.497 e. The van der Waals surface area contributed by atoms with E-state index in [0.717, 1.165) is 25.3 Å². The number of rotatable bonds is 6. The van der Waals surface area contributed by atoms with E-state index in [0.29, 0.717) is 12.1 Å². The molecule has 1 fully saturated rings. The first kappa shape index (κ1) is 14.4.